The SMILES string of the molecule is CCCCCCC/C=C\C/C=C\CCCCCCCCCCCCCCCCCCCCCCCCCCCC(=O)OC(COC(=O)CCCCCCCCCCCCCCCCCCCCCCCCCCCCCCCCC)COC(OCC[N+](C)(C)C)C(=O)[O-]. The summed E-state index contributed by atoms with van der Waals surface area (Å²) in [6.45, 7) is 4.83. The van der Waals surface area contributed by atoms with Crippen LogP contribution >= 0.6 is 0 Å². The lowest BCUT2D eigenvalue weighted by Crippen LogP contribution is -2.44. The highest BCUT2D eigenvalue weighted by Crippen LogP contribution is 2.21. The number of nitrogens with zero attached hydrogens (tertiary/aromatic N) is 1. The van der Waals surface area contributed by atoms with Crippen molar-refractivity contribution in [1.29, 1.82) is 0 Å². The first-order chi connectivity index (χ1) is 45.6. The van der Waals surface area contributed by atoms with Gasteiger partial charge in [0.15, 0.2) is 12.4 Å². The molecule has 0 saturated carbocycles. The molecule has 0 radical (unpaired) electrons. The quantitative estimate of drug-likeness (QED) is 0.0195. The zero-order chi connectivity index (χ0) is 67.5. The summed E-state index contributed by atoms with van der Waals surface area (Å²) in [5.74, 6) is -2.24. The van der Waals surface area contributed by atoms with Gasteiger partial charge in [0, 0.05) is 12.8 Å². The van der Waals surface area contributed by atoms with Crippen LogP contribution in [0.1, 0.15) is 438 Å². The second-order valence-corrected chi connectivity index (χ2v) is 29.8. The van der Waals surface area contributed by atoms with Crippen molar-refractivity contribution in [3.63, 3.8) is 0 Å². The maximum absolute atomic E-state index is 13.0. The Hall–Kier alpha value is -2.23. The Morgan fingerprint density at radius 1 is 0.323 bits per heavy atom. The molecule has 9 nitrogen and oxygen atoms in total. The van der Waals surface area contributed by atoms with Gasteiger partial charge in [0.2, 0.25) is 0 Å². The summed E-state index contributed by atoms with van der Waals surface area (Å²) >= 11 is 0. The Kier molecular flexibility index (Phi) is 73.7. The lowest BCUT2D eigenvalue weighted by Gasteiger charge is -2.26. The fraction of sp³-hybridized carbons (Fsp3) is 0.917. The molecule has 0 rings (SSSR count). The molecule has 0 aromatic heterocycles. The van der Waals surface area contributed by atoms with E-state index in [0.717, 1.165) is 44.9 Å². The molecule has 0 aliphatic heterocycles. The molecular formula is C84H161NO8. The summed E-state index contributed by atoms with van der Waals surface area (Å²) < 4.78 is 22.9. The molecular weight excluding hydrogens is 1150 g/mol. The first-order valence-electron chi connectivity index (χ1n) is 41.5. The van der Waals surface area contributed by atoms with Crippen molar-refractivity contribution in [2.75, 3.05) is 47.5 Å². The van der Waals surface area contributed by atoms with Crippen LogP contribution < -0.4 is 5.11 Å². The minimum atomic E-state index is -1.62. The number of ether oxygens (including phenoxy) is 4. The predicted molar refractivity (Wildman–Crippen MR) is 399 cm³/mol. The van der Waals surface area contributed by atoms with Gasteiger partial charge in [-0.15, -0.1) is 0 Å². The maximum Gasteiger partial charge on any atom is 0.306 e. The molecule has 0 heterocycles. The Balaban J connectivity index is 3.94. The van der Waals surface area contributed by atoms with Crippen molar-refractivity contribution in [1.82, 2.24) is 0 Å². The third-order valence-corrected chi connectivity index (χ3v) is 19.2. The highest BCUT2D eigenvalue weighted by Gasteiger charge is 2.22. The Morgan fingerprint density at radius 2 is 0.581 bits per heavy atom. The van der Waals surface area contributed by atoms with Crippen LogP contribution in [-0.4, -0.2) is 82.3 Å². The topological polar surface area (TPSA) is 111 Å². The molecule has 0 aliphatic carbocycles. The van der Waals surface area contributed by atoms with Crippen molar-refractivity contribution in [3.05, 3.63) is 24.3 Å². The average Bonchev–Trinajstić information content (AvgIpc) is 3.73. The zero-order valence-corrected chi connectivity index (χ0v) is 63.2. The first-order valence-corrected chi connectivity index (χ1v) is 41.5. The van der Waals surface area contributed by atoms with Gasteiger partial charge in [-0.3, -0.25) is 9.59 Å². The van der Waals surface area contributed by atoms with E-state index >= 15 is 0 Å². The van der Waals surface area contributed by atoms with Crippen molar-refractivity contribution in [2.45, 2.75) is 450 Å². The Labute approximate surface area is 579 Å². The number of carboxylic acid groups (broad SMARTS) is 1. The summed E-state index contributed by atoms with van der Waals surface area (Å²) in [6.07, 6.45) is 93.2. The number of esters is 2. The molecule has 93 heavy (non-hydrogen) atoms. The van der Waals surface area contributed by atoms with Crippen LogP contribution in [0.25, 0.3) is 0 Å². The fourth-order valence-corrected chi connectivity index (χ4v) is 12.9. The lowest BCUT2D eigenvalue weighted by molar-refractivity contribution is -0.870. The number of rotatable bonds is 79. The molecule has 2 unspecified atom stereocenters. The van der Waals surface area contributed by atoms with Gasteiger partial charge in [-0.1, -0.05) is 404 Å². The van der Waals surface area contributed by atoms with E-state index in [1.165, 1.54) is 366 Å². The minimum absolute atomic E-state index is 0.152. The number of carbonyl (C=O) groups is 3. The van der Waals surface area contributed by atoms with E-state index in [9.17, 15) is 19.5 Å². The minimum Gasteiger partial charge on any atom is -0.545 e. The maximum atomic E-state index is 13.0. The van der Waals surface area contributed by atoms with Crippen molar-refractivity contribution < 1.29 is 42.9 Å². The summed E-state index contributed by atoms with van der Waals surface area (Å²) in [5.41, 5.74) is 0. The highest BCUT2D eigenvalue weighted by molar-refractivity contribution is 5.70. The second-order valence-electron chi connectivity index (χ2n) is 29.8. The molecule has 0 aliphatic rings. The van der Waals surface area contributed by atoms with Crippen molar-refractivity contribution in [3.8, 4) is 0 Å². The average molecular weight is 1310 g/mol. The zero-order valence-electron chi connectivity index (χ0n) is 63.2. The van der Waals surface area contributed by atoms with E-state index in [1.54, 1.807) is 0 Å². The molecule has 9 heteroatoms. The summed E-state index contributed by atoms with van der Waals surface area (Å²) in [4.78, 5) is 37.6. The van der Waals surface area contributed by atoms with Gasteiger partial charge in [0.25, 0.3) is 0 Å². The number of aliphatic carboxylic acids is 1. The van der Waals surface area contributed by atoms with Gasteiger partial charge in [0.1, 0.15) is 13.2 Å². The molecule has 2 atom stereocenters. The third kappa shape index (κ3) is 77.0. The van der Waals surface area contributed by atoms with Crippen LogP contribution in [0.4, 0.5) is 0 Å². The summed E-state index contributed by atoms with van der Waals surface area (Å²) in [6, 6.07) is 0. The van der Waals surface area contributed by atoms with E-state index < -0.39 is 24.3 Å². The molecule has 550 valence electrons. The van der Waals surface area contributed by atoms with Crippen LogP contribution in [0.15, 0.2) is 24.3 Å². The van der Waals surface area contributed by atoms with Gasteiger partial charge in [0.05, 0.1) is 40.3 Å². The number of likely N-dealkylation sites (N-methyl/N-ethyl adjacent to an activating group) is 1. The monoisotopic (exact) mass is 1310 g/mol. The van der Waals surface area contributed by atoms with Crippen LogP contribution in [0, 0.1) is 0 Å². The van der Waals surface area contributed by atoms with E-state index in [4.69, 9.17) is 18.9 Å². The number of hydrogen-bond donors (Lipinski definition) is 0. The standard InChI is InChI=1S/C84H161NO8/c1-6-8-10-12-14-16-18-20-22-24-26-28-30-32-34-36-38-39-40-41-42-43-45-47-49-51-53-55-57-59-61-63-65-67-69-71-73-75-82(87)93-80(79-92-84(83(88)89)90-77-76-85(3,4)5)78-91-81(86)74-72-70-68-66-64-62-60-58-56-54-52-50-48-46-44-37-35-33-31-29-27-25-23-21-19-17-15-13-11-9-7-2/h18,20,24,26,80,84H,6-17,19,21-23,25,27-79H2,1-5H3/b20-18-,26-24-. The third-order valence-electron chi connectivity index (χ3n) is 19.2. The Morgan fingerprint density at radius 3 is 0.849 bits per heavy atom. The molecule has 0 aromatic carbocycles. The van der Waals surface area contributed by atoms with Crippen LogP contribution in [0.2, 0.25) is 0 Å². The van der Waals surface area contributed by atoms with Gasteiger partial charge in [-0.2, -0.15) is 0 Å². The molecule has 0 bridgehead atoms. The fourth-order valence-electron chi connectivity index (χ4n) is 12.9. The van der Waals surface area contributed by atoms with E-state index in [2.05, 4.69) is 38.2 Å². The number of carbonyl (C=O) groups excluding carboxylic acids is 3. The van der Waals surface area contributed by atoms with Gasteiger partial charge < -0.3 is 33.3 Å². The number of hydrogen-bond acceptors (Lipinski definition) is 8. The highest BCUT2D eigenvalue weighted by atomic mass is 16.7. The van der Waals surface area contributed by atoms with Gasteiger partial charge >= 0.3 is 11.9 Å². The van der Waals surface area contributed by atoms with Gasteiger partial charge in [-0.05, 0) is 44.9 Å². The molecule has 0 N–H and O–H groups in total. The number of quaternary nitrogens is 1. The molecule has 0 aromatic rings. The molecule has 0 spiro atoms. The largest absolute Gasteiger partial charge is 0.545 e. The molecule has 0 saturated heterocycles. The van der Waals surface area contributed by atoms with Crippen LogP contribution in [0.5, 0.6) is 0 Å². The van der Waals surface area contributed by atoms with E-state index in [-0.39, 0.29) is 32.2 Å². The number of carboxylic acids is 1. The molecule has 0 fully saturated rings. The lowest BCUT2D eigenvalue weighted by atomic mass is 10.0. The smallest absolute Gasteiger partial charge is 0.306 e. The van der Waals surface area contributed by atoms with E-state index in [1.807, 2.05) is 21.1 Å². The van der Waals surface area contributed by atoms with E-state index in [0.29, 0.717) is 17.4 Å². The first kappa shape index (κ1) is 90.8. The summed E-state index contributed by atoms with van der Waals surface area (Å²) in [5, 5.41) is 11.9. The normalized spacial score (nSPS) is 12.7. The predicted octanol–water partition coefficient (Wildman–Crippen LogP) is 25.2. The van der Waals surface area contributed by atoms with Crippen LogP contribution in [-0.2, 0) is 33.3 Å². The number of allylic oxidation sites excluding steroid dienone is 4. The number of unbranched alkanes of at least 4 members (excludes halogenated alkanes) is 60. The molecule has 0 amide bonds. The Bertz CT molecular complexity index is 1580. The van der Waals surface area contributed by atoms with Crippen molar-refractivity contribution in [2.24, 2.45) is 0 Å². The second kappa shape index (κ2) is 75.5. The van der Waals surface area contributed by atoms with Crippen LogP contribution in [0.3, 0.4) is 0 Å². The summed E-state index contributed by atoms with van der Waals surface area (Å²) in [7, 11) is 5.96. The van der Waals surface area contributed by atoms with Crippen molar-refractivity contribution >= 4 is 17.9 Å². The van der Waals surface area contributed by atoms with Gasteiger partial charge in [-0.25, -0.2) is 0 Å².